The molecule has 1 aliphatic rings. The molecule has 2 aromatic rings. The molecule has 1 heterocycles. The van der Waals surface area contributed by atoms with E-state index in [0.29, 0.717) is 6.61 Å². The van der Waals surface area contributed by atoms with E-state index in [1.807, 2.05) is 36.4 Å². The van der Waals surface area contributed by atoms with Crippen molar-refractivity contribution in [2.75, 3.05) is 20.3 Å². The Morgan fingerprint density at radius 3 is 2.75 bits per heavy atom. The Morgan fingerprint density at radius 1 is 1.20 bits per heavy atom. The Hall–Kier alpha value is -1.87. The number of ketones is 1. The van der Waals surface area contributed by atoms with Crippen LogP contribution < -0.4 is 4.74 Å². The van der Waals surface area contributed by atoms with E-state index in [-0.39, 0.29) is 11.7 Å². The summed E-state index contributed by atoms with van der Waals surface area (Å²) >= 11 is 0. The zero-order valence-electron chi connectivity index (χ0n) is 11.6. The SMILES string of the molecule is COc1ccc2cc(C(=O)C3CCCOC3)ccc2c1. The lowest BCUT2D eigenvalue weighted by Crippen LogP contribution is -2.25. The monoisotopic (exact) mass is 270 g/mol. The Kier molecular flexibility index (Phi) is 3.70. The van der Waals surface area contributed by atoms with Gasteiger partial charge in [0.2, 0.25) is 0 Å². The molecule has 20 heavy (non-hydrogen) atoms. The Bertz CT molecular complexity index is 627. The third-order valence-corrected chi connectivity index (χ3v) is 3.86. The lowest BCUT2D eigenvalue weighted by atomic mass is 9.91. The van der Waals surface area contributed by atoms with Crippen LogP contribution in [-0.4, -0.2) is 26.1 Å². The first-order valence-electron chi connectivity index (χ1n) is 6.98. The zero-order chi connectivity index (χ0) is 13.9. The number of hydrogen-bond acceptors (Lipinski definition) is 3. The highest BCUT2D eigenvalue weighted by Gasteiger charge is 2.23. The summed E-state index contributed by atoms with van der Waals surface area (Å²) in [5, 5.41) is 2.15. The average Bonchev–Trinajstić information content (AvgIpc) is 2.54. The first-order valence-corrected chi connectivity index (χ1v) is 6.98. The van der Waals surface area contributed by atoms with Gasteiger partial charge in [0.05, 0.1) is 13.7 Å². The van der Waals surface area contributed by atoms with Crippen LogP contribution in [0.3, 0.4) is 0 Å². The first-order chi connectivity index (χ1) is 9.78. The molecular formula is C17H18O3. The molecule has 0 bridgehead atoms. The van der Waals surface area contributed by atoms with Crippen LogP contribution in [0.25, 0.3) is 10.8 Å². The number of fused-ring (bicyclic) bond motifs is 1. The smallest absolute Gasteiger partial charge is 0.168 e. The molecule has 3 nitrogen and oxygen atoms in total. The number of carbonyl (C=O) groups excluding carboxylic acids is 1. The standard InChI is InChI=1S/C17H18O3/c1-19-16-7-6-12-9-14(5-4-13(12)10-16)17(18)15-3-2-8-20-11-15/h4-7,9-10,15H,2-3,8,11H2,1H3. The van der Waals surface area contributed by atoms with E-state index >= 15 is 0 Å². The Balaban J connectivity index is 1.90. The van der Waals surface area contributed by atoms with Crippen molar-refractivity contribution in [1.82, 2.24) is 0 Å². The lowest BCUT2D eigenvalue weighted by Gasteiger charge is -2.21. The predicted octanol–water partition coefficient (Wildman–Crippen LogP) is 3.46. The summed E-state index contributed by atoms with van der Waals surface area (Å²) < 4.78 is 10.6. The van der Waals surface area contributed by atoms with Crippen LogP contribution in [0.15, 0.2) is 36.4 Å². The van der Waals surface area contributed by atoms with Crippen molar-refractivity contribution >= 4 is 16.6 Å². The summed E-state index contributed by atoms with van der Waals surface area (Å²) in [4.78, 5) is 12.5. The fourth-order valence-electron chi connectivity index (χ4n) is 2.69. The van der Waals surface area contributed by atoms with Gasteiger partial charge < -0.3 is 9.47 Å². The summed E-state index contributed by atoms with van der Waals surface area (Å²) in [5.74, 6) is 1.04. The fraction of sp³-hybridized carbons (Fsp3) is 0.353. The molecular weight excluding hydrogens is 252 g/mol. The number of carbonyl (C=O) groups is 1. The van der Waals surface area contributed by atoms with Crippen LogP contribution in [0.5, 0.6) is 5.75 Å². The van der Waals surface area contributed by atoms with E-state index < -0.39 is 0 Å². The molecule has 104 valence electrons. The van der Waals surface area contributed by atoms with Crippen molar-refractivity contribution in [3.05, 3.63) is 42.0 Å². The van der Waals surface area contributed by atoms with Gasteiger partial charge in [-0.25, -0.2) is 0 Å². The largest absolute Gasteiger partial charge is 0.497 e. The molecule has 2 aromatic carbocycles. The minimum absolute atomic E-state index is 0.0134. The van der Waals surface area contributed by atoms with Crippen molar-refractivity contribution in [3.63, 3.8) is 0 Å². The number of Topliss-reactive ketones (excluding diaryl/α,β-unsaturated/α-hetero) is 1. The third kappa shape index (κ3) is 2.54. The average molecular weight is 270 g/mol. The Morgan fingerprint density at radius 2 is 2.00 bits per heavy atom. The van der Waals surface area contributed by atoms with Gasteiger partial charge in [-0.1, -0.05) is 18.2 Å². The van der Waals surface area contributed by atoms with Gasteiger partial charge in [-0.05, 0) is 41.8 Å². The summed E-state index contributed by atoms with van der Waals surface area (Å²) in [6.07, 6.45) is 1.90. The molecule has 1 aliphatic heterocycles. The van der Waals surface area contributed by atoms with Gasteiger partial charge in [-0.15, -0.1) is 0 Å². The number of methoxy groups -OCH3 is 1. The minimum atomic E-state index is 0.0134. The van der Waals surface area contributed by atoms with E-state index in [4.69, 9.17) is 9.47 Å². The van der Waals surface area contributed by atoms with E-state index in [2.05, 4.69) is 0 Å². The molecule has 3 heteroatoms. The van der Waals surface area contributed by atoms with Crippen molar-refractivity contribution in [3.8, 4) is 5.75 Å². The molecule has 3 rings (SSSR count). The van der Waals surface area contributed by atoms with Gasteiger partial charge in [-0.2, -0.15) is 0 Å². The molecule has 0 amide bonds. The van der Waals surface area contributed by atoms with Crippen molar-refractivity contribution in [1.29, 1.82) is 0 Å². The first kappa shape index (κ1) is 13.1. The highest BCUT2D eigenvalue weighted by molar-refractivity contribution is 6.01. The van der Waals surface area contributed by atoms with Gasteiger partial charge in [0, 0.05) is 18.1 Å². The molecule has 0 radical (unpaired) electrons. The summed E-state index contributed by atoms with van der Waals surface area (Å²) in [5.41, 5.74) is 0.776. The van der Waals surface area contributed by atoms with E-state index in [9.17, 15) is 4.79 Å². The summed E-state index contributed by atoms with van der Waals surface area (Å²) in [6, 6.07) is 11.7. The zero-order valence-corrected chi connectivity index (χ0v) is 11.6. The van der Waals surface area contributed by atoms with Gasteiger partial charge in [0.25, 0.3) is 0 Å². The highest BCUT2D eigenvalue weighted by Crippen LogP contribution is 2.24. The van der Waals surface area contributed by atoms with Gasteiger partial charge in [0.1, 0.15) is 5.75 Å². The van der Waals surface area contributed by atoms with Crippen LogP contribution in [0.4, 0.5) is 0 Å². The van der Waals surface area contributed by atoms with Crippen LogP contribution in [0, 0.1) is 5.92 Å². The number of rotatable bonds is 3. The minimum Gasteiger partial charge on any atom is -0.497 e. The summed E-state index contributed by atoms with van der Waals surface area (Å²) in [7, 11) is 1.65. The second-order valence-electron chi connectivity index (χ2n) is 5.21. The molecule has 1 fully saturated rings. The molecule has 0 aliphatic carbocycles. The molecule has 0 saturated carbocycles. The second kappa shape index (κ2) is 5.63. The van der Waals surface area contributed by atoms with Gasteiger partial charge in [-0.3, -0.25) is 4.79 Å². The van der Waals surface area contributed by atoms with Crippen LogP contribution in [0.2, 0.25) is 0 Å². The molecule has 1 saturated heterocycles. The molecule has 0 aromatic heterocycles. The maximum atomic E-state index is 12.5. The molecule has 1 atom stereocenters. The van der Waals surface area contributed by atoms with E-state index in [1.54, 1.807) is 7.11 Å². The number of ether oxygens (including phenoxy) is 2. The highest BCUT2D eigenvalue weighted by atomic mass is 16.5. The van der Waals surface area contributed by atoms with Crippen molar-refractivity contribution in [2.45, 2.75) is 12.8 Å². The predicted molar refractivity (Wildman–Crippen MR) is 78.4 cm³/mol. The Labute approximate surface area is 118 Å². The van der Waals surface area contributed by atoms with Gasteiger partial charge in [0.15, 0.2) is 5.78 Å². The third-order valence-electron chi connectivity index (χ3n) is 3.86. The maximum Gasteiger partial charge on any atom is 0.168 e. The normalized spacial score (nSPS) is 18.9. The topological polar surface area (TPSA) is 35.5 Å². The lowest BCUT2D eigenvalue weighted by molar-refractivity contribution is 0.0461. The maximum absolute atomic E-state index is 12.5. The van der Waals surface area contributed by atoms with Crippen LogP contribution >= 0.6 is 0 Å². The van der Waals surface area contributed by atoms with E-state index in [0.717, 1.165) is 41.5 Å². The van der Waals surface area contributed by atoms with Crippen molar-refractivity contribution < 1.29 is 14.3 Å². The van der Waals surface area contributed by atoms with E-state index in [1.165, 1.54) is 0 Å². The fourth-order valence-corrected chi connectivity index (χ4v) is 2.69. The van der Waals surface area contributed by atoms with Crippen LogP contribution in [-0.2, 0) is 4.74 Å². The van der Waals surface area contributed by atoms with Crippen LogP contribution in [0.1, 0.15) is 23.2 Å². The molecule has 1 unspecified atom stereocenters. The number of hydrogen-bond donors (Lipinski definition) is 0. The van der Waals surface area contributed by atoms with Gasteiger partial charge >= 0.3 is 0 Å². The second-order valence-corrected chi connectivity index (χ2v) is 5.21. The summed E-state index contributed by atoms with van der Waals surface area (Å²) in [6.45, 7) is 1.33. The molecule has 0 N–H and O–H groups in total. The molecule has 0 spiro atoms. The van der Waals surface area contributed by atoms with Crippen molar-refractivity contribution in [2.24, 2.45) is 5.92 Å². The number of benzene rings is 2. The quantitative estimate of drug-likeness (QED) is 0.801.